The average Bonchev–Trinajstić information content (AvgIpc) is 2.91. The summed E-state index contributed by atoms with van der Waals surface area (Å²) < 4.78 is 28.5. The fraction of sp³-hybridized carbons (Fsp3) is 0.310. The van der Waals surface area contributed by atoms with Crippen molar-refractivity contribution in [3.05, 3.63) is 95.0 Å². The van der Waals surface area contributed by atoms with Crippen molar-refractivity contribution in [3.8, 4) is 0 Å². The van der Waals surface area contributed by atoms with Gasteiger partial charge in [0.05, 0.1) is 10.6 Å². The lowest BCUT2D eigenvalue weighted by Crippen LogP contribution is -2.52. The zero-order valence-corrected chi connectivity index (χ0v) is 23.7. The molecule has 1 N–H and O–H groups in total. The maximum Gasteiger partial charge on any atom is 0.264 e. The highest BCUT2D eigenvalue weighted by atomic mass is 35.5. The number of carbonyl (C=O) groups is 2. The predicted octanol–water partition coefficient (Wildman–Crippen LogP) is 5.18. The van der Waals surface area contributed by atoms with Crippen LogP contribution in [0.25, 0.3) is 0 Å². The number of nitrogens with one attached hydrogen (secondary N) is 1. The van der Waals surface area contributed by atoms with Crippen molar-refractivity contribution in [2.75, 3.05) is 10.8 Å². The van der Waals surface area contributed by atoms with Crippen LogP contribution >= 0.6 is 11.6 Å². The molecule has 0 bridgehead atoms. The highest BCUT2D eigenvalue weighted by molar-refractivity contribution is 7.92. The van der Waals surface area contributed by atoms with E-state index in [-0.39, 0.29) is 23.4 Å². The number of hydrogen-bond donors (Lipinski definition) is 1. The minimum absolute atomic E-state index is 0.0424. The molecule has 202 valence electrons. The van der Waals surface area contributed by atoms with Crippen LogP contribution in [0.1, 0.15) is 38.3 Å². The van der Waals surface area contributed by atoms with Crippen LogP contribution in [0.2, 0.25) is 5.02 Å². The number of benzene rings is 3. The average molecular weight is 556 g/mol. The largest absolute Gasteiger partial charge is 0.352 e. The molecule has 0 heterocycles. The van der Waals surface area contributed by atoms with E-state index in [1.54, 1.807) is 73.7 Å². The highest BCUT2D eigenvalue weighted by Crippen LogP contribution is 2.25. The molecule has 0 aliphatic rings. The molecule has 38 heavy (non-hydrogen) atoms. The number of hydrogen-bond acceptors (Lipinski definition) is 4. The fourth-order valence-corrected chi connectivity index (χ4v) is 5.45. The molecule has 2 atom stereocenters. The summed E-state index contributed by atoms with van der Waals surface area (Å²) >= 11 is 6.39. The third kappa shape index (κ3) is 7.14. The van der Waals surface area contributed by atoms with Gasteiger partial charge in [0.25, 0.3) is 10.0 Å². The molecule has 0 aliphatic heterocycles. The van der Waals surface area contributed by atoms with Gasteiger partial charge < -0.3 is 10.2 Å². The second-order valence-corrected chi connectivity index (χ2v) is 11.5. The second kappa shape index (κ2) is 12.9. The van der Waals surface area contributed by atoms with Crippen LogP contribution in [-0.2, 0) is 26.2 Å². The van der Waals surface area contributed by atoms with E-state index in [1.807, 2.05) is 20.8 Å². The summed E-state index contributed by atoms with van der Waals surface area (Å²) in [5.41, 5.74) is 1.95. The maximum absolute atomic E-state index is 13.9. The third-order valence-electron chi connectivity index (χ3n) is 6.40. The SMILES string of the molecule is CCC(C)NC(=O)C(C)N(Cc1ccccc1Cl)C(=O)CN(c1ccc(C)cc1)S(=O)(=O)c1ccccc1. The minimum Gasteiger partial charge on any atom is -0.352 e. The first-order valence-electron chi connectivity index (χ1n) is 12.5. The standard InChI is InChI=1S/C29H34ClN3O4S/c1-5-22(3)31-29(35)23(4)32(19-24-11-9-10-14-27(24)30)28(34)20-33(25-17-15-21(2)16-18-25)38(36,37)26-12-7-6-8-13-26/h6-18,22-23H,5,19-20H2,1-4H3,(H,31,35). The number of nitrogens with zero attached hydrogens (tertiary/aromatic N) is 2. The monoisotopic (exact) mass is 555 g/mol. The maximum atomic E-state index is 13.9. The van der Waals surface area contributed by atoms with Gasteiger partial charge in [-0.15, -0.1) is 0 Å². The van der Waals surface area contributed by atoms with Gasteiger partial charge in [0.1, 0.15) is 12.6 Å². The van der Waals surface area contributed by atoms with Gasteiger partial charge in [0.15, 0.2) is 0 Å². The first-order valence-corrected chi connectivity index (χ1v) is 14.3. The van der Waals surface area contributed by atoms with Gasteiger partial charge in [-0.3, -0.25) is 13.9 Å². The van der Waals surface area contributed by atoms with Crippen molar-refractivity contribution >= 4 is 39.1 Å². The Hall–Kier alpha value is -3.36. The number of carbonyl (C=O) groups excluding carboxylic acids is 2. The number of amides is 2. The topological polar surface area (TPSA) is 86.8 Å². The fourth-order valence-electron chi connectivity index (χ4n) is 3.82. The van der Waals surface area contributed by atoms with Crippen LogP contribution in [0.15, 0.2) is 83.8 Å². The van der Waals surface area contributed by atoms with E-state index < -0.39 is 28.5 Å². The molecule has 9 heteroatoms. The highest BCUT2D eigenvalue weighted by Gasteiger charge is 2.33. The number of aryl methyl sites for hydroxylation is 1. The van der Waals surface area contributed by atoms with E-state index in [9.17, 15) is 18.0 Å². The Balaban J connectivity index is 2.02. The van der Waals surface area contributed by atoms with E-state index >= 15 is 0 Å². The van der Waals surface area contributed by atoms with Crippen molar-refractivity contribution in [2.24, 2.45) is 0 Å². The molecule has 2 unspecified atom stereocenters. The Morgan fingerprint density at radius 3 is 2.13 bits per heavy atom. The number of rotatable bonds is 11. The molecule has 0 aliphatic carbocycles. The van der Waals surface area contributed by atoms with Crippen LogP contribution in [0.4, 0.5) is 5.69 Å². The van der Waals surface area contributed by atoms with Gasteiger partial charge in [-0.2, -0.15) is 0 Å². The molecule has 0 aromatic heterocycles. The summed E-state index contributed by atoms with van der Waals surface area (Å²) in [7, 11) is -4.09. The van der Waals surface area contributed by atoms with Crippen molar-refractivity contribution in [3.63, 3.8) is 0 Å². The van der Waals surface area contributed by atoms with Crippen molar-refractivity contribution in [1.82, 2.24) is 10.2 Å². The summed E-state index contributed by atoms with van der Waals surface area (Å²) in [6, 6.07) is 21.0. The Morgan fingerprint density at radius 1 is 0.921 bits per heavy atom. The summed E-state index contributed by atoms with van der Waals surface area (Å²) in [5.74, 6) is -0.857. The van der Waals surface area contributed by atoms with E-state index in [1.165, 1.54) is 17.0 Å². The summed E-state index contributed by atoms with van der Waals surface area (Å²) in [4.78, 5) is 28.4. The summed E-state index contributed by atoms with van der Waals surface area (Å²) in [6.07, 6.45) is 0.730. The van der Waals surface area contributed by atoms with E-state index in [2.05, 4.69) is 5.32 Å². The van der Waals surface area contributed by atoms with Gasteiger partial charge in [-0.1, -0.05) is 72.6 Å². The molecule has 7 nitrogen and oxygen atoms in total. The first kappa shape index (κ1) is 29.2. The van der Waals surface area contributed by atoms with Gasteiger partial charge in [0.2, 0.25) is 11.8 Å². The van der Waals surface area contributed by atoms with Crippen LogP contribution in [-0.4, -0.2) is 43.8 Å². The first-order chi connectivity index (χ1) is 18.0. The smallest absolute Gasteiger partial charge is 0.264 e. The number of anilines is 1. The lowest BCUT2D eigenvalue weighted by atomic mass is 10.1. The Morgan fingerprint density at radius 2 is 1.53 bits per heavy atom. The number of halogens is 1. The molecule has 0 saturated carbocycles. The minimum atomic E-state index is -4.09. The molecule has 3 aromatic rings. The quantitative estimate of drug-likeness (QED) is 0.353. The lowest BCUT2D eigenvalue weighted by Gasteiger charge is -2.32. The van der Waals surface area contributed by atoms with Crippen LogP contribution in [0, 0.1) is 6.92 Å². The third-order valence-corrected chi connectivity index (χ3v) is 8.56. The van der Waals surface area contributed by atoms with Crippen molar-refractivity contribution < 1.29 is 18.0 Å². The predicted molar refractivity (Wildman–Crippen MR) is 152 cm³/mol. The molecule has 2 amide bonds. The van der Waals surface area contributed by atoms with E-state index in [0.29, 0.717) is 16.3 Å². The van der Waals surface area contributed by atoms with Gasteiger partial charge in [-0.25, -0.2) is 8.42 Å². The van der Waals surface area contributed by atoms with Crippen LogP contribution in [0.3, 0.4) is 0 Å². The lowest BCUT2D eigenvalue weighted by molar-refractivity contribution is -0.139. The molecule has 0 radical (unpaired) electrons. The zero-order valence-electron chi connectivity index (χ0n) is 22.1. The Labute approximate surface area is 230 Å². The Bertz CT molecular complexity index is 1350. The normalized spacial score (nSPS) is 12.9. The van der Waals surface area contributed by atoms with Crippen molar-refractivity contribution in [2.45, 2.75) is 57.6 Å². The Kier molecular flexibility index (Phi) is 9.94. The molecule has 0 fully saturated rings. The zero-order chi connectivity index (χ0) is 27.9. The molecular formula is C29H34ClN3O4S. The second-order valence-electron chi connectivity index (χ2n) is 9.27. The van der Waals surface area contributed by atoms with Gasteiger partial charge in [-0.05, 0) is 63.1 Å². The van der Waals surface area contributed by atoms with Crippen LogP contribution < -0.4 is 9.62 Å². The van der Waals surface area contributed by atoms with E-state index in [0.717, 1.165) is 16.3 Å². The van der Waals surface area contributed by atoms with E-state index in [4.69, 9.17) is 11.6 Å². The molecule has 3 rings (SSSR count). The van der Waals surface area contributed by atoms with Gasteiger partial charge >= 0.3 is 0 Å². The van der Waals surface area contributed by atoms with Crippen LogP contribution in [0.5, 0.6) is 0 Å². The molecule has 0 saturated heterocycles. The number of sulfonamides is 1. The summed E-state index contributed by atoms with van der Waals surface area (Å²) in [6.45, 7) is 6.92. The van der Waals surface area contributed by atoms with Gasteiger partial charge in [0, 0.05) is 17.6 Å². The van der Waals surface area contributed by atoms with Crippen molar-refractivity contribution in [1.29, 1.82) is 0 Å². The molecule has 3 aromatic carbocycles. The molecular weight excluding hydrogens is 522 g/mol. The molecule has 0 spiro atoms. The summed E-state index contributed by atoms with van der Waals surface area (Å²) in [5, 5.41) is 3.37.